The Bertz CT molecular complexity index is 431. The van der Waals surface area contributed by atoms with Crippen molar-refractivity contribution in [3.05, 3.63) is 35.4 Å². The first-order chi connectivity index (χ1) is 7.85. The first kappa shape index (κ1) is 13.2. The highest BCUT2D eigenvalue weighted by molar-refractivity contribution is 5.99. The van der Waals surface area contributed by atoms with Crippen molar-refractivity contribution in [2.45, 2.75) is 13.3 Å². The monoisotopic (exact) mass is 247 g/mol. The fourth-order valence-electron chi connectivity index (χ4n) is 1.15. The molecule has 0 aromatic heterocycles. The van der Waals surface area contributed by atoms with Crippen LogP contribution in [0.5, 0.6) is 0 Å². The number of hydroxylamine groups is 2. The summed E-state index contributed by atoms with van der Waals surface area (Å²) in [7, 11) is 0. The normalized spacial score (nSPS) is 11.1. The smallest absolute Gasteiger partial charge is 0.276 e. The molecular weight excluding hydrogens is 239 g/mol. The Morgan fingerprint density at radius 1 is 1.35 bits per heavy atom. The van der Waals surface area contributed by atoms with Crippen molar-refractivity contribution < 1.29 is 27.6 Å². The van der Waals surface area contributed by atoms with Crippen molar-refractivity contribution >= 4 is 12.3 Å². The molecular formula is C10H8F3NO3. The summed E-state index contributed by atoms with van der Waals surface area (Å²) in [5.41, 5.74) is 0.402. The fourth-order valence-corrected chi connectivity index (χ4v) is 1.15. The molecule has 0 aliphatic carbocycles. The van der Waals surface area contributed by atoms with Crippen molar-refractivity contribution in [3.8, 4) is 0 Å². The molecule has 92 valence electrons. The maximum atomic E-state index is 11.9. The van der Waals surface area contributed by atoms with Gasteiger partial charge in [-0.25, -0.2) is 0 Å². The van der Waals surface area contributed by atoms with Gasteiger partial charge in [-0.2, -0.15) is 4.84 Å². The maximum absolute atomic E-state index is 11.9. The van der Waals surface area contributed by atoms with E-state index in [9.17, 15) is 22.8 Å². The number of halogens is 3. The number of amides is 2. The third-order valence-electron chi connectivity index (χ3n) is 1.87. The molecule has 0 radical (unpaired) electrons. The molecule has 1 aromatic rings. The number of hydrogen-bond acceptors (Lipinski definition) is 3. The van der Waals surface area contributed by atoms with Gasteiger partial charge >= 0.3 is 6.36 Å². The predicted octanol–water partition coefficient (Wildman–Crippen LogP) is 2.05. The Morgan fingerprint density at radius 3 is 2.41 bits per heavy atom. The summed E-state index contributed by atoms with van der Waals surface area (Å²) in [6, 6.07) is 5.91. The molecule has 0 spiro atoms. The van der Waals surface area contributed by atoms with Crippen LogP contribution in [0.4, 0.5) is 13.2 Å². The van der Waals surface area contributed by atoms with Gasteiger partial charge in [-0.3, -0.25) is 9.59 Å². The Labute approximate surface area is 94.5 Å². The van der Waals surface area contributed by atoms with Crippen LogP contribution in [0.25, 0.3) is 0 Å². The van der Waals surface area contributed by atoms with E-state index in [0.717, 1.165) is 0 Å². The highest BCUT2D eigenvalue weighted by atomic mass is 19.4. The van der Waals surface area contributed by atoms with Crippen molar-refractivity contribution in [2.75, 3.05) is 0 Å². The first-order valence-corrected chi connectivity index (χ1v) is 4.45. The molecule has 0 aliphatic rings. The molecule has 0 bridgehead atoms. The minimum absolute atomic E-state index is 0.0381. The second-order valence-corrected chi connectivity index (χ2v) is 3.09. The van der Waals surface area contributed by atoms with Gasteiger partial charge in [0.2, 0.25) is 6.41 Å². The summed E-state index contributed by atoms with van der Waals surface area (Å²) in [6.07, 6.45) is -5.43. The first-order valence-electron chi connectivity index (χ1n) is 4.45. The van der Waals surface area contributed by atoms with E-state index in [4.69, 9.17) is 0 Å². The van der Waals surface area contributed by atoms with Crippen LogP contribution >= 0.6 is 0 Å². The molecule has 17 heavy (non-hydrogen) atoms. The lowest BCUT2D eigenvalue weighted by atomic mass is 10.1. The quantitative estimate of drug-likeness (QED) is 0.606. The standard InChI is InChI=1S/C10H8F3NO3/c1-7-4-2-3-5-8(7)9(16)14(6-15)17-10(11,12)13/h2-6H,1H3. The van der Waals surface area contributed by atoms with E-state index in [0.29, 0.717) is 5.56 Å². The lowest BCUT2D eigenvalue weighted by Crippen LogP contribution is -2.35. The lowest BCUT2D eigenvalue weighted by Gasteiger charge is -2.17. The molecule has 4 nitrogen and oxygen atoms in total. The predicted molar refractivity (Wildman–Crippen MR) is 50.6 cm³/mol. The van der Waals surface area contributed by atoms with Gasteiger partial charge in [-0.05, 0) is 18.6 Å². The number of hydrogen-bond donors (Lipinski definition) is 0. The van der Waals surface area contributed by atoms with Crippen molar-refractivity contribution in [1.82, 2.24) is 5.06 Å². The SMILES string of the molecule is Cc1ccccc1C(=O)N(C=O)OC(F)(F)F. The average molecular weight is 247 g/mol. The van der Waals surface area contributed by atoms with Crippen LogP contribution in [0.15, 0.2) is 24.3 Å². The number of rotatable bonds is 3. The Balaban J connectivity index is 2.95. The van der Waals surface area contributed by atoms with Gasteiger partial charge in [0.25, 0.3) is 5.91 Å². The zero-order valence-corrected chi connectivity index (χ0v) is 8.69. The van der Waals surface area contributed by atoms with E-state index >= 15 is 0 Å². The van der Waals surface area contributed by atoms with Crippen molar-refractivity contribution in [2.24, 2.45) is 0 Å². The molecule has 0 saturated heterocycles. The Hall–Kier alpha value is -1.89. The summed E-state index contributed by atoms with van der Waals surface area (Å²) >= 11 is 0. The summed E-state index contributed by atoms with van der Waals surface area (Å²) in [5.74, 6) is -1.17. The van der Waals surface area contributed by atoms with E-state index < -0.39 is 12.3 Å². The third-order valence-corrected chi connectivity index (χ3v) is 1.87. The molecule has 0 heterocycles. The third kappa shape index (κ3) is 3.56. The number of alkyl halides is 3. The molecule has 1 rings (SSSR count). The highest BCUT2D eigenvalue weighted by Crippen LogP contribution is 2.19. The van der Waals surface area contributed by atoms with Gasteiger partial charge < -0.3 is 0 Å². The molecule has 0 aliphatic heterocycles. The van der Waals surface area contributed by atoms with Crippen LogP contribution in [0, 0.1) is 6.92 Å². The number of imide groups is 1. The van der Waals surface area contributed by atoms with Crippen LogP contribution in [-0.2, 0) is 9.63 Å². The Kier molecular flexibility index (Phi) is 3.84. The average Bonchev–Trinajstić information content (AvgIpc) is 2.24. The minimum Gasteiger partial charge on any atom is -0.276 e. The maximum Gasteiger partial charge on any atom is 0.544 e. The highest BCUT2D eigenvalue weighted by Gasteiger charge is 2.36. The summed E-state index contributed by atoms with van der Waals surface area (Å²) < 4.78 is 35.7. The number of benzene rings is 1. The zero-order valence-electron chi connectivity index (χ0n) is 8.69. The van der Waals surface area contributed by atoms with E-state index in [1.54, 1.807) is 6.07 Å². The van der Waals surface area contributed by atoms with E-state index in [1.807, 2.05) is 0 Å². The number of aryl methyl sites for hydroxylation is 1. The van der Waals surface area contributed by atoms with Gasteiger partial charge in [-0.1, -0.05) is 18.2 Å². The largest absolute Gasteiger partial charge is 0.544 e. The van der Waals surface area contributed by atoms with Crippen LogP contribution in [0.3, 0.4) is 0 Å². The van der Waals surface area contributed by atoms with E-state index in [1.165, 1.54) is 25.1 Å². The van der Waals surface area contributed by atoms with Crippen LogP contribution < -0.4 is 0 Å². The van der Waals surface area contributed by atoms with Gasteiger partial charge in [0, 0.05) is 5.56 Å². The number of carbonyl (C=O) groups is 2. The molecule has 7 heteroatoms. The molecule has 0 N–H and O–H groups in total. The van der Waals surface area contributed by atoms with Crippen LogP contribution in [0.1, 0.15) is 15.9 Å². The second-order valence-electron chi connectivity index (χ2n) is 3.09. The van der Waals surface area contributed by atoms with Crippen molar-refractivity contribution in [3.63, 3.8) is 0 Å². The van der Waals surface area contributed by atoms with Crippen molar-refractivity contribution in [1.29, 1.82) is 0 Å². The van der Waals surface area contributed by atoms with Gasteiger partial charge in [-0.15, -0.1) is 18.2 Å². The molecule has 1 aromatic carbocycles. The van der Waals surface area contributed by atoms with Crippen LogP contribution in [-0.4, -0.2) is 23.7 Å². The molecule has 0 saturated carbocycles. The molecule has 2 amide bonds. The van der Waals surface area contributed by atoms with Gasteiger partial charge in [0.1, 0.15) is 0 Å². The summed E-state index contributed by atoms with van der Waals surface area (Å²) in [4.78, 5) is 25.2. The Morgan fingerprint density at radius 2 is 1.94 bits per heavy atom. The van der Waals surface area contributed by atoms with E-state index in [2.05, 4.69) is 4.84 Å². The molecule has 0 unspecified atom stereocenters. The fraction of sp³-hybridized carbons (Fsp3) is 0.200. The summed E-state index contributed by atoms with van der Waals surface area (Å²) in [6.45, 7) is 1.53. The summed E-state index contributed by atoms with van der Waals surface area (Å²) in [5, 5.41) is -0.387. The second kappa shape index (κ2) is 4.96. The van der Waals surface area contributed by atoms with Gasteiger partial charge in [0.15, 0.2) is 0 Å². The van der Waals surface area contributed by atoms with Gasteiger partial charge in [0.05, 0.1) is 0 Å². The number of nitrogens with zero attached hydrogens (tertiary/aromatic N) is 1. The van der Waals surface area contributed by atoms with E-state index in [-0.39, 0.29) is 17.0 Å². The zero-order chi connectivity index (χ0) is 13.1. The lowest BCUT2D eigenvalue weighted by molar-refractivity contribution is -0.385. The minimum atomic E-state index is -5.10. The topological polar surface area (TPSA) is 46.6 Å². The molecule has 0 atom stereocenters. The molecule has 0 fully saturated rings. The number of carbonyl (C=O) groups excluding carboxylic acids is 2. The van der Waals surface area contributed by atoms with Crippen LogP contribution in [0.2, 0.25) is 0 Å².